The first-order valence-electron chi connectivity index (χ1n) is 9.91. The van der Waals surface area contributed by atoms with Gasteiger partial charge in [-0.25, -0.2) is 13.2 Å². The Balaban J connectivity index is 1.73. The highest BCUT2D eigenvalue weighted by atomic mass is 32.2. The SMILES string of the molecule is CC(=O)c1cccc(NC(=O)COC(=O)c2ccccc2S(=O)(=O)N(C)c2ccccc2)c1. The average molecular weight is 467 g/mol. The summed E-state index contributed by atoms with van der Waals surface area (Å²) in [6, 6.07) is 20.4. The number of amides is 1. The first-order chi connectivity index (χ1) is 15.7. The molecule has 0 unspecified atom stereocenters. The number of rotatable bonds is 8. The van der Waals surface area contributed by atoms with Crippen molar-refractivity contribution >= 4 is 39.1 Å². The molecule has 1 N–H and O–H groups in total. The van der Waals surface area contributed by atoms with E-state index in [9.17, 15) is 22.8 Å². The minimum Gasteiger partial charge on any atom is -0.452 e. The number of hydrogen-bond acceptors (Lipinski definition) is 6. The number of carbonyl (C=O) groups is 3. The molecule has 33 heavy (non-hydrogen) atoms. The molecule has 0 bridgehead atoms. The second-order valence-corrected chi connectivity index (χ2v) is 9.00. The normalized spacial score (nSPS) is 10.8. The first-order valence-corrected chi connectivity index (χ1v) is 11.3. The van der Waals surface area contributed by atoms with Crippen LogP contribution in [0, 0.1) is 0 Å². The number of anilines is 2. The molecule has 9 heteroatoms. The van der Waals surface area contributed by atoms with Crippen LogP contribution in [0.2, 0.25) is 0 Å². The molecule has 3 rings (SSSR count). The quantitative estimate of drug-likeness (QED) is 0.402. The van der Waals surface area contributed by atoms with E-state index in [0.29, 0.717) is 16.9 Å². The lowest BCUT2D eigenvalue weighted by atomic mass is 10.1. The van der Waals surface area contributed by atoms with E-state index in [1.54, 1.807) is 48.5 Å². The molecule has 0 aromatic heterocycles. The number of esters is 1. The Morgan fingerprint density at radius 2 is 1.58 bits per heavy atom. The van der Waals surface area contributed by atoms with E-state index in [1.807, 2.05) is 0 Å². The highest BCUT2D eigenvalue weighted by molar-refractivity contribution is 7.92. The zero-order valence-corrected chi connectivity index (χ0v) is 18.8. The number of Topliss-reactive ketones (excluding diaryl/α,β-unsaturated/α-hetero) is 1. The molecule has 0 heterocycles. The molecule has 8 nitrogen and oxygen atoms in total. The summed E-state index contributed by atoms with van der Waals surface area (Å²) in [5.41, 5.74) is 1.03. The third-order valence-electron chi connectivity index (χ3n) is 4.75. The lowest BCUT2D eigenvalue weighted by Gasteiger charge is -2.20. The summed E-state index contributed by atoms with van der Waals surface area (Å²) < 4.78 is 32.4. The predicted octanol–water partition coefficient (Wildman–Crippen LogP) is 3.51. The van der Waals surface area contributed by atoms with Crippen molar-refractivity contribution in [1.82, 2.24) is 0 Å². The van der Waals surface area contributed by atoms with Crippen LogP contribution in [0.15, 0.2) is 83.8 Å². The number of hydrogen-bond donors (Lipinski definition) is 1. The van der Waals surface area contributed by atoms with Gasteiger partial charge in [0.05, 0.1) is 11.3 Å². The van der Waals surface area contributed by atoms with Crippen molar-refractivity contribution in [2.45, 2.75) is 11.8 Å². The number of ketones is 1. The standard InChI is InChI=1S/C24H22N2O6S/c1-17(27)18-9-8-10-19(15-18)25-23(28)16-32-24(29)21-13-6-7-14-22(21)33(30,31)26(2)20-11-4-3-5-12-20/h3-15H,16H2,1-2H3,(H,25,28). The number of nitrogens with one attached hydrogen (secondary N) is 1. The van der Waals surface area contributed by atoms with E-state index < -0.39 is 28.5 Å². The van der Waals surface area contributed by atoms with Crippen molar-refractivity contribution in [3.05, 3.63) is 90.0 Å². The molecule has 0 saturated carbocycles. The lowest BCUT2D eigenvalue weighted by molar-refractivity contribution is -0.119. The average Bonchev–Trinajstić information content (AvgIpc) is 2.82. The summed E-state index contributed by atoms with van der Waals surface area (Å²) in [7, 11) is -2.68. The van der Waals surface area contributed by atoms with Gasteiger partial charge < -0.3 is 10.1 Å². The highest BCUT2D eigenvalue weighted by Gasteiger charge is 2.27. The van der Waals surface area contributed by atoms with Crippen LogP contribution in [0.5, 0.6) is 0 Å². The molecule has 0 aliphatic heterocycles. The van der Waals surface area contributed by atoms with Gasteiger partial charge in [-0.2, -0.15) is 0 Å². The number of benzene rings is 3. The molecule has 1 amide bonds. The zero-order valence-electron chi connectivity index (χ0n) is 18.0. The van der Waals surface area contributed by atoms with Crippen LogP contribution in [-0.2, 0) is 19.6 Å². The summed E-state index contributed by atoms with van der Waals surface area (Å²) in [5.74, 6) is -1.75. The van der Waals surface area contributed by atoms with Crippen LogP contribution in [0.1, 0.15) is 27.6 Å². The topological polar surface area (TPSA) is 110 Å². The van der Waals surface area contributed by atoms with Gasteiger partial charge in [-0.3, -0.25) is 13.9 Å². The van der Waals surface area contributed by atoms with Gasteiger partial charge in [0.1, 0.15) is 4.90 Å². The van der Waals surface area contributed by atoms with Crippen molar-refractivity contribution in [3.63, 3.8) is 0 Å². The summed E-state index contributed by atoms with van der Waals surface area (Å²) in [4.78, 5) is 36.1. The Bertz CT molecular complexity index is 1290. The fourth-order valence-electron chi connectivity index (χ4n) is 3.01. The maximum atomic E-state index is 13.1. The number of ether oxygens (including phenoxy) is 1. The Morgan fingerprint density at radius 1 is 0.909 bits per heavy atom. The molecule has 0 aliphatic rings. The van der Waals surface area contributed by atoms with Crippen LogP contribution in [-0.4, -0.2) is 39.7 Å². The fraction of sp³-hybridized carbons (Fsp3) is 0.125. The molecular formula is C24H22N2O6S. The smallest absolute Gasteiger partial charge is 0.340 e. The maximum absolute atomic E-state index is 13.1. The van der Waals surface area contributed by atoms with E-state index in [1.165, 1.54) is 44.3 Å². The van der Waals surface area contributed by atoms with E-state index >= 15 is 0 Å². The van der Waals surface area contributed by atoms with Crippen LogP contribution < -0.4 is 9.62 Å². The molecule has 0 radical (unpaired) electrons. The zero-order chi connectivity index (χ0) is 24.0. The molecule has 0 aliphatic carbocycles. The van der Waals surface area contributed by atoms with E-state index in [-0.39, 0.29) is 16.2 Å². The van der Waals surface area contributed by atoms with Crippen molar-refractivity contribution in [2.75, 3.05) is 23.3 Å². The van der Waals surface area contributed by atoms with Gasteiger partial charge in [-0.1, -0.05) is 42.5 Å². The highest BCUT2D eigenvalue weighted by Crippen LogP contribution is 2.25. The van der Waals surface area contributed by atoms with Gasteiger partial charge in [0.15, 0.2) is 12.4 Å². The Kier molecular flexibility index (Phi) is 7.24. The van der Waals surface area contributed by atoms with Crippen molar-refractivity contribution < 1.29 is 27.5 Å². The Hall–Kier alpha value is -3.98. The largest absolute Gasteiger partial charge is 0.452 e. The van der Waals surface area contributed by atoms with E-state index in [0.717, 1.165) is 4.31 Å². The molecule has 0 spiro atoms. The van der Waals surface area contributed by atoms with Crippen LogP contribution >= 0.6 is 0 Å². The Labute approximate surface area is 191 Å². The van der Waals surface area contributed by atoms with Gasteiger partial charge in [0.2, 0.25) is 0 Å². The lowest BCUT2D eigenvalue weighted by Crippen LogP contribution is -2.28. The predicted molar refractivity (Wildman–Crippen MR) is 124 cm³/mol. The fourth-order valence-corrected chi connectivity index (χ4v) is 4.38. The van der Waals surface area contributed by atoms with Crippen molar-refractivity contribution in [2.24, 2.45) is 0 Å². The number of sulfonamides is 1. The second-order valence-electron chi connectivity index (χ2n) is 7.07. The summed E-state index contributed by atoms with van der Waals surface area (Å²) in [6.07, 6.45) is 0. The van der Waals surface area contributed by atoms with Gasteiger partial charge >= 0.3 is 5.97 Å². The van der Waals surface area contributed by atoms with Gasteiger partial charge in [0, 0.05) is 18.3 Å². The number of carbonyl (C=O) groups excluding carboxylic acids is 3. The molecule has 0 saturated heterocycles. The van der Waals surface area contributed by atoms with E-state index in [2.05, 4.69) is 5.32 Å². The first kappa shape index (κ1) is 23.7. The van der Waals surface area contributed by atoms with Crippen LogP contribution in [0.25, 0.3) is 0 Å². The number of nitrogens with zero attached hydrogens (tertiary/aromatic N) is 1. The summed E-state index contributed by atoms with van der Waals surface area (Å²) >= 11 is 0. The van der Waals surface area contributed by atoms with Crippen LogP contribution in [0.3, 0.4) is 0 Å². The maximum Gasteiger partial charge on any atom is 0.340 e. The molecule has 170 valence electrons. The Morgan fingerprint density at radius 3 is 2.27 bits per heavy atom. The van der Waals surface area contributed by atoms with E-state index in [4.69, 9.17) is 4.74 Å². The molecular weight excluding hydrogens is 444 g/mol. The summed E-state index contributed by atoms with van der Waals surface area (Å²) in [6.45, 7) is 0.773. The minimum atomic E-state index is -4.07. The van der Waals surface area contributed by atoms with Crippen molar-refractivity contribution in [3.8, 4) is 0 Å². The third-order valence-corrected chi connectivity index (χ3v) is 6.60. The van der Waals surface area contributed by atoms with Gasteiger partial charge in [-0.05, 0) is 43.3 Å². The minimum absolute atomic E-state index is 0.157. The van der Waals surface area contributed by atoms with Gasteiger partial charge in [-0.15, -0.1) is 0 Å². The molecule has 0 fully saturated rings. The summed E-state index contributed by atoms with van der Waals surface area (Å²) in [5, 5.41) is 2.53. The molecule has 3 aromatic carbocycles. The van der Waals surface area contributed by atoms with Gasteiger partial charge in [0.25, 0.3) is 15.9 Å². The van der Waals surface area contributed by atoms with Crippen LogP contribution in [0.4, 0.5) is 11.4 Å². The molecule has 3 aromatic rings. The number of para-hydroxylation sites is 1. The third kappa shape index (κ3) is 5.64. The van der Waals surface area contributed by atoms with Crippen molar-refractivity contribution in [1.29, 1.82) is 0 Å². The molecule has 0 atom stereocenters. The second kappa shape index (κ2) is 10.1. The monoisotopic (exact) mass is 466 g/mol.